The van der Waals surface area contributed by atoms with Crippen LogP contribution < -0.4 is 9.80 Å². The van der Waals surface area contributed by atoms with Crippen LogP contribution >= 0.6 is 11.3 Å². The molecule has 1 aromatic heterocycles. The molecule has 2 saturated heterocycles. The highest BCUT2D eigenvalue weighted by molar-refractivity contribution is 7.22. The van der Waals surface area contributed by atoms with Crippen molar-refractivity contribution in [3.8, 4) is 0 Å². The number of thiazole rings is 1. The molecule has 162 valence electrons. The lowest BCUT2D eigenvalue weighted by atomic mass is 9.96. The van der Waals surface area contributed by atoms with Gasteiger partial charge >= 0.3 is 0 Å². The third-order valence-electron chi connectivity index (χ3n) is 6.62. The smallest absolute Gasteiger partial charge is 0.227 e. The van der Waals surface area contributed by atoms with E-state index in [4.69, 9.17) is 4.98 Å². The molecule has 5 nitrogen and oxygen atoms in total. The summed E-state index contributed by atoms with van der Waals surface area (Å²) in [7, 11) is 0. The lowest BCUT2D eigenvalue weighted by Crippen LogP contribution is -2.52. The lowest BCUT2D eigenvalue weighted by molar-refractivity contribution is -0.136. The molecule has 1 atom stereocenters. The van der Waals surface area contributed by atoms with Gasteiger partial charge in [0.2, 0.25) is 5.91 Å². The molecule has 0 aliphatic carbocycles. The number of aryl methyl sites for hydroxylation is 2. The summed E-state index contributed by atoms with van der Waals surface area (Å²) in [6, 6.07) is 14.9. The molecule has 6 heteroatoms. The Morgan fingerprint density at radius 1 is 1.00 bits per heavy atom. The summed E-state index contributed by atoms with van der Waals surface area (Å²) in [4.78, 5) is 25.0. The van der Waals surface area contributed by atoms with E-state index in [2.05, 4.69) is 64.9 Å². The highest BCUT2D eigenvalue weighted by Crippen LogP contribution is 2.32. The van der Waals surface area contributed by atoms with Gasteiger partial charge in [-0.3, -0.25) is 4.79 Å². The summed E-state index contributed by atoms with van der Waals surface area (Å²) in [5.74, 6) is 0.402. The number of carbonyl (C=O) groups excluding carboxylic acids is 1. The molecule has 0 radical (unpaired) electrons. The van der Waals surface area contributed by atoms with Crippen molar-refractivity contribution in [2.45, 2.75) is 26.7 Å². The van der Waals surface area contributed by atoms with Gasteiger partial charge in [0, 0.05) is 45.0 Å². The second kappa shape index (κ2) is 8.50. The van der Waals surface area contributed by atoms with E-state index in [0.29, 0.717) is 5.91 Å². The number of para-hydroxylation sites is 1. The Labute approximate surface area is 188 Å². The van der Waals surface area contributed by atoms with E-state index in [-0.39, 0.29) is 5.92 Å². The number of nitrogens with zero attached hydrogens (tertiary/aromatic N) is 4. The summed E-state index contributed by atoms with van der Waals surface area (Å²) < 4.78 is 1.22. The fourth-order valence-electron chi connectivity index (χ4n) is 4.83. The Balaban J connectivity index is 1.23. The van der Waals surface area contributed by atoms with Crippen molar-refractivity contribution in [1.82, 2.24) is 9.88 Å². The van der Waals surface area contributed by atoms with Crippen LogP contribution in [0.2, 0.25) is 0 Å². The number of fused-ring (bicyclic) bond motifs is 1. The summed E-state index contributed by atoms with van der Waals surface area (Å²) in [6.07, 6.45) is 2.03. The van der Waals surface area contributed by atoms with E-state index in [0.717, 1.165) is 62.8 Å². The van der Waals surface area contributed by atoms with E-state index in [1.807, 2.05) is 6.07 Å². The zero-order valence-corrected chi connectivity index (χ0v) is 19.2. The van der Waals surface area contributed by atoms with Crippen LogP contribution in [0.25, 0.3) is 10.2 Å². The van der Waals surface area contributed by atoms with Crippen molar-refractivity contribution < 1.29 is 4.79 Å². The van der Waals surface area contributed by atoms with Gasteiger partial charge in [0.1, 0.15) is 0 Å². The van der Waals surface area contributed by atoms with E-state index in [1.54, 1.807) is 11.3 Å². The number of rotatable bonds is 3. The zero-order chi connectivity index (χ0) is 21.4. The predicted octanol–water partition coefficient (Wildman–Crippen LogP) is 4.48. The van der Waals surface area contributed by atoms with Crippen molar-refractivity contribution in [2.75, 3.05) is 49.1 Å². The van der Waals surface area contributed by atoms with Gasteiger partial charge in [0.25, 0.3) is 0 Å². The first-order valence-electron chi connectivity index (χ1n) is 11.3. The van der Waals surface area contributed by atoms with Crippen molar-refractivity contribution in [2.24, 2.45) is 5.92 Å². The number of carbonyl (C=O) groups is 1. The van der Waals surface area contributed by atoms with Crippen LogP contribution in [0.15, 0.2) is 42.5 Å². The topological polar surface area (TPSA) is 39.7 Å². The van der Waals surface area contributed by atoms with Gasteiger partial charge < -0.3 is 14.7 Å². The fraction of sp³-hybridized carbons (Fsp3) is 0.440. The summed E-state index contributed by atoms with van der Waals surface area (Å²) in [6.45, 7) is 9.52. The third kappa shape index (κ3) is 4.13. The van der Waals surface area contributed by atoms with Crippen LogP contribution in [-0.4, -0.2) is 55.1 Å². The molecule has 2 aromatic carbocycles. The Hall–Kier alpha value is -2.60. The SMILES string of the molecule is Cc1ccc(C)c(N2CCN(C(=O)C3CCCN(c4nc5ccccc5s4)C3)CC2)c1. The second-order valence-corrected chi connectivity index (χ2v) is 9.86. The quantitative estimate of drug-likeness (QED) is 0.609. The number of aromatic nitrogens is 1. The summed E-state index contributed by atoms with van der Waals surface area (Å²) >= 11 is 1.74. The number of hydrogen-bond donors (Lipinski definition) is 0. The van der Waals surface area contributed by atoms with Crippen LogP contribution in [0.3, 0.4) is 0 Å². The first kappa shape index (κ1) is 20.3. The minimum Gasteiger partial charge on any atom is -0.368 e. The molecule has 2 aliphatic heterocycles. The Morgan fingerprint density at radius 2 is 1.81 bits per heavy atom. The molecule has 0 saturated carbocycles. The molecular formula is C25H30N4OS. The lowest BCUT2D eigenvalue weighted by Gasteiger charge is -2.40. The Bertz CT molecular complexity index is 1050. The summed E-state index contributed by atoms with van der Waals surface area (Å²) in [5, 5.41) is 1.05. The maximum atomic E-state index is 13.3. The monoisotopic (exact) mass is 434 g/mol. The molecule has 3 aromatic rings. The van der Waals surface area contributed by atoms with Gasteiger partial charge in [-0.2, -0.15) is 0 Å². The largest absolute Gasteiger partial charge is 0.368 e. The number of piperazine rings is 1. The highest BCUT2D eigenvalue weighted by Gasteiger charge is 2.32. The summed E-state index contributed by atoms with van der Waals surface area (Å²) in [5.41, 5.74) is 4.96. The Morgan fingerprint density at radius 3 is 2.61 bits per heavy atom. The van der Waals surface area contributed by atoms with Gasteiger partial charge in [0.05, 0.1) is 16.1 Å². The number of benzene rings is 2. The van der Waals surface area contributed by atoms with Crippen LogP contribution in [0.4, 0.5) is 10.8 Å². The second-order valence-electron chi connectivity index (χ2n) is 8.85. The first-order chi connectivity index (χ1) is 15.1. The van der Waals surface area contributed by atoms with E-state index >= 15 is 0 Å². The van der Waals surface area contributed by atoms with Crippen molar-refractivity contribution in [3.05, 3.63) is 53.6 Å². The maximum Gasteiger partial charge on any atom is 0.227 e. The van der Waals surface area contributed by atoms with Gasteiger partial charge in [-0.25, -0.2) is 4.98 Å². The molecule has 0 bridgehead atoms. The molecule has 1 amide bonds. The molecule has 5 rings (SSSR count). The number of amides is 1. The number of anilines is 2. The van der Waals surface area contributed by atoms with Crippen LogP contribution in [0, 0.1) is 19.8 Å². The average Bonchev–Trinajstić information content (AvgIpc) is 3.25. The van der Waals surface area contributed by atoms with E-state index in [9.17, 15) is 4.79 Å². The normalized spacial score (nSPS) is 19.8. The molecule has 2 fully saturated rings. The van der Waals surface area contributed by atoms with Gasteiger partial charge in [-0.05, 0) is 56.0 Å². The Kier molecular flexibility index (Phi) is 5.57. The van der Waals surface area contributed by atoms with Crippen molar-refractivity contribution in [3.63, 3.8) is 0 Å². The van der Waals surface area contributed by atoms with Gasteiger partial charge in [-0.1, -0.05) is 35.6 Å². The van der Waals surface area contributed by atoms with E-state index in [1.165, 1.54) is 21.5 Å². The van der Waals surface area contributed by atoms with E-state index < -0.39 is 0 Å². The fourth-order valence-corrected chi connectivity index (χ4v) is 5.83. The maximum absolute atomic E-state index is 13.3. The number of piperidine rings is 1. The standard InChI is InChI=1S/C25H30N4OS/c1-18-9-10-19(2)22(16-18)27-12-14-28(15-13-27)24(30)20-6-5-11-29(17-20)25-26-21-7-3-4-8-23(21)31-25/h3-4,7-10,16,20H,5-6,11-15,17H2,1-2H3. The number of hydrogen-bond acceptors (Lipinski definition) is 5. The highest BCUT2D eigenvalue weighted by atomic mass is 32.1. The van der Waals surface area contributed by atoms with Crippen molar-refractivity contribution in [1.29, 1.82) is 0 Å². The molecular weight excluding hydrogens is 404 g/mol. The molecule has 31 heavy (non-hydrogen) atoms. The van der Waals surface area contributed by atoms with Gasteiger partial charge in [0.15, 0.2) is 5.13 Å². The minimum absolute atomic E-state index is 0.0769. The first-order valence-corrected chi connectivity index (χ1v) is 12.1. The molecule has 1 unspecified atom stereocenters. The van der Waals surface area contributed by atoms with Gasteiger partial charge in [-0.15, -0.1) is 0 Å². The van der Waals surface area contributed by atoms with Crippen LogP contribution in [0.1, 0.15) is 24.0 Å². The molecule has 0 N–H and O–H groups in total. The third-order valence-corrected chi connectivity index (χ3v) is 7.72. The average molecular weight is 435 g/mol. The minimum atomic E-state index is 0.0769. The predicted molar refractivity (Wildman–Crippen MR) is 129 cm³/mol. The van der Waals surface area contributed by atoms with Crippen molar-refractivity contribution >= 4 is 38.3 Å². The molecule has 3 heterocycles. The molecule has 0 spiro atoms. The van der Waals surface area contributed by atoms with Crippen LogP contribution in [-0.2, 0) is 4.79 Å². The van der Waals surface area contributed by atoms with Crippen LogP contribution in [0.5, 0.6) is 0 Å². The molecule has 2 aliphatic rings. The zero-order valence-electron chi connectivity index (χ0n) is 18.4.